The zero-order chi connectivity index (χ0) is 23.3. The highest BCUT2D eigenvalue weighted by atomic mass is 16.5. The summed E-state index contributed by atoms with van der Waals surface area (Å²) >= 11 is 0. The zero-order valence-electron chi connectivity index (χ0n) is 20.5. The van der Waals surface area contributed by atoms with Gasteiger partial charge in [-0.25, -0.2) is 0 Å². The minimum absolute atomic E-state index is 0.0838. The minimum Gasteiger partial charge on any atom is -0.354 e. The molecule has 3 heteroatoms. The van der Waals surface area contributed by atoms with Crippen LogP contribution < -0.4 is 4.90 Å². The van der Waals surface area contributed by atoms with Crippen LogP contribution in [0.4, 0.5) is 5.69 Å². The number of fused-ring (bicyclic) bond motifs is 3. The molecule has 0 radical (unpaired) electrons. The Morgan fingerprint density at radius 3 is 2.67 bits per heavy atom. The van der Waals surface area contributed by atoms with E-state index < -0.39 is 0 Å². The Balaban J connectivity index is 1.61. The van der Waals surface area contributed by atoms with Gasteiger partial charge in [-0.2, -0.15) is 5.26 Å². The summed E-state index contributed by atoms with van der Waals surface area (Å²) in [4.78, 5) is 2.52. The van der Waals surface area contributed by atoms with Crippen molar-refractivity contribution < 1.29 is 4.74 Å². The van der Waals surface area contributed by atoms with Crippen LogP contribution in [-0.4, -0.2) is 12.3 Å². The molecule has 1 saturated heterocycles. The van der Waals surface area contributed by atoms with E-state index in [1.807, 2.05) is 6.07 Å². The van der Waals surface area contributed by atoms with Gasteiger partial charge in [-0.1, -0.05) is 88.9 Å². The molecule has 0 aromatic heterocycles. The number of nitriles is 1. The number of nitrogens with zero attached hydrogens (tertiary/aromatic N) is 2. The van der Waals surface area contributed by atoms with E-state index in [1.165, 1.54) is 60.1 Å². The van der Waals surface area contributed by atoms with E-state index in [-0.39, 0.29) is 11.6 Å². The molecule has 2 heterocycles. The Hall–Kier alpha value is -2.57. The van der Waals surface area contributed by atoms with Crippen molar-refractivity contribution in [2.45, 2.75) is 96.4 Å². The van der Waals surface area contributed by atoms with Crippen LogP contribution >= 0.6 is 0 Å². The lowest BCUT2D eigenvalue weighted by molar-refractivity contribution is 0.0461. The molecule has 0 spiro atoms. The van der Waals surface area contributed by atoms with Gasteiger partial charge >= 0.3 is 0 Å². The van der Waals surface area contributed by atoms with Crippen molar-refractivity contribution in [2.75, 3.05) is 4.90 Å². The SMILES string of the molecule is CCCCCCC(C)(C)c1ccc2c(c1)N1C(CCC1OCc1ccccc1)CC2=CC#N. The standard InChI is InChI=1S/C30H38N2O/c1-4-5-6-10-18-30(2,3)25-13-15-27-24(17-19-31)20-26-14-16-29(32(26)28(27)21-25)33-22-23-11-8-7-9-12-23/h7-9,11-13,15,17,21,26,29H,4-6,10,14,16,18,20,22H2,1-3H3. The molecule has 0 saturated carbocycles. The maximum absolute atomic E-state index is 9.41. The zero-order valence-corrected chi connectivity index (χ0v) is 20.5. The molecule has 4 rings (SSSR count). The Labute approximate surface area is 200 Å². The van der Waals surface area contributed by atoms with Gasteiger partial charge in [0.2, 0.25) is 0 Å². The van der Waals surface area contributed by atoms with E-state index in [9.17, 15) is 5.26 Å². The van der Waals surface area contributed by atoms with Crippen LogP contribution in [0.3, 0.4) is 0 Å². The van der Waals surface area contributed by atoms with E-state index in [2.05, 4.69) is 74.2 Å². The molecule has 0 aliphatic carbocycles. The quantitative estimate of drug-likeness (QED) is 0.294. The summed E-state index contributed by atoms with van der Waals surface area (Å²) in [7, 11) is 0. The molecule has 2 aliphatic rings. The van der Waals surface area contributed by atoms with Crippen LogP contribution in [0.5, 0.6) is 0 Å². The lowest BCUT2D eigenvalue weighted by Crippen LogP contribution is -2.41. The van der Waals surface area contributed by atoms with Gasteiger partial charge in [-0.05, 0) is 53.9 Å². The third-order valence-electron chi connectivity index (χ3n) is 7.49. The second-order valence-corrected chi connectivity index (χ2v) is 10.3. The van der Waals surface area contributed by atoms with Crippen molar-refractivity contribution in [1.29, 1.82) is 5.26 Å². The van der Waals surface area contributed by atoms with Crippen LogP contribution in [0, 0.1) is 11.3 Å². The van der Waals surface area contributed by atoms with Gasteiger partial charge in [0.25, 0.3) is 0 Å². The smallest absolute Gasteiger partial charge is 0.130 e. The van der Waals surface area contributed by atoms with Crippen LogP contribution in [0.25, 0.3) is 5.57 Å². The van der Waals surface area contributed by atoms with Crippen LogP contribution in [0.2, 0.25) is 0 Å². The van der Waals surface area contributed by atoms with Crippen molar-refractivity contribution in [1.82, 2.24) is 0 Å². The summed E-state index contributed by atoms with van der Waals surface area (Å²) in [6, 6.07) is 20.1. The van der Waals surface area contributed by atoms with E-state index in [0.29, 0.717) is 12.6 Å². The molecule has 0 bridgehead atoms. The summed E-state index contributed by atoms with van der Waals surface area (Å²) in [5.74, 6) is 0. The van der Waals surface area contributed by atoms with Gasteiger partial charge < -0.3 is 9.64 Å². The predicted octanol–water partition coefficient (Wildman–Crippen LogP) is 7.76. The highest BCUT2D eigenvalue weighted by molar-refractivity contribution is 5.82. The Morgan fingerprint density at radius 1 is 1.09 bits per heavy atom. The second kappa shape index (κ2) is 10.6. The molecule has 0 N–H and O–H groups in total. The van der Waals surface area contributed by atoms with Crippen molar-refractivity contribution >= 4 is 11.3 Å². The summed E-state index contributed by atoms with van der Waals surface area (Å²) in [5, 5.41) is 9.41. The maximum Gasteiger partial charge on any atom is 0.130 e. The lowest BCUT2D eigenvalue weighted by Gasteiger charge is -2.39. The fourth-order valence-electron chi connectivity index (χ4n) is 5.49. The Morgan fingerprint density at radius 2 is 1.91 bits per heavy atom. The van der Waals surface area contributed by atoms with Gasteiger partial charge in [-0.3, -0.25) is 0 Å². The summed E-state index contributed by atoms with van der Waals surface area (Å²) < 4.78 is 6.47. The van der Waals surface area contributed by atoms with E-state index >= 15 is 0 Å². The first-order valence-corrected chi connectivity index (χ1v) is 12.7. The number of hydrogen-bond donors (Lipinski definition) is 0. The lowest BCUT2D eigenvalue weighted by atomic mass is 9.78. The summed E-state index contributed by atoms with van der Waals surface area (Å²) in [5.41, 5.74) is 6.36. The molecule has 2 unspecified atom stereocenters. The number of benzene rings is 2. The second-order valence-electron chi connectivity index (χ2n) is 10.3. The number of ether oxygens (including phenoxy) is 1. The topological polar surface area (TPSA) is 36.3 Å². The van der Waals surface area contributed by atoms with E-state index in [4.69, 9.17) is 4.74 Å². The molecular weight excluding hydrogens is 404 g/mol. The molecule has 2 aromatic carbocycles. The number of unbranched alkanes of at least 4 members (excludes halogenated alkanes) is 3. The fraction of sp³-hybridized carbons (Fsp3) is 0.500. The average molecular weight is 443 g/mol. The van der Waals surface area contributed by atoms with Crippen molar-refractivity contribution in [2.24, 2.45) is 0 Å². The van der Waals surface area contributed by atoms with E-state index in [0.717, 1.165) is 19.3 Å². The average Bonchev–Trinajstić information content (AvgIpc) is 3.24. The highest BCUT2D eigenvalue weighted by Crippen LogP contribution is 2.46. The van der Waals surface area contributed by atoms with Gasteiger partial charge in [0.1, 0.15) is 6.23 Å². The van der Waals surface area contributed by atoms with Gasteiger partial charge in [0.05, 0.1) is 12.7 Å². The number of rotatable bonds is 9. The molecule has 174 valence electrons. The van der Waals surface area contributed by atoms with E-state index in [1.54, 1.807) is 6.08 Å². The number of anilines is 1. The third-order valence-corrected chi connectivity index (χ3v) is 7.49. The van der Waals surface area contributed by atoms with Gasteiger partial charge in [-0.15, -0.1) is 0 Å². The van der Waals surface area contributed by atoms with Gasteiger partial charge in [0.15, 0.2) is 0 Å². The normalized spacial score (nSPS) is 21.0. The molecule has 2 aromatic rings. The first kappa shape index (κ1) is 23.6. The number of hydrogen-bond acceptors (Lipinski definition) is 3. The minimum atomic E-state index is 0.0838. The van der Waals surface area contributed by atoms with Crippen LogP contribution in [-0.2, 0) is 16.8 Å². The first-order chi connectivity index (χ1) is 16.0. The summed E-state index contributed by atoms with van der Waals surface area (Å²) in [6.45, 7) is 7.65. The predicted molar refractivity (Wildman–Crippen MR) is 137 cm³/mol. The Kier molecular flexibility index (Phi) is 7.56. The number of allylic oxidation sites excluding steroid dienone is 1. The Bertz CT molecular complexity index is 1000. The molecule has 2 atom stereocenters. The molecular formula is C30H38N2O. The molecule has 33 heavy (non-hydrogen) atoms. The molecule has 2 aliphatic heterocycles. The molecule has 3 nitrogen and oxygen atoms in total. The highest BCUT2D eigenvalue weighted by Gasteiger charge is 2.40. The molecule has 0 amide bonds. The monoisotopic (exact) mass is 442 g/mol. The molecule has 1 fully saturated rings. The fourth-order valence-corrected chi connectivity index (χ4v) is 5.49. The summed E-state index contributed by atoms with van der Waals surface area (Å²) in [6.07, 6.45) is 11.3. The van der Waals surface area contributed by atoms with Crippen molar-refractivity contribution in [3.05, 3.63) is 71.3 Å². The third kappa shape index (κ3) is 5.33. The van der Waals surface area contributed by atoms with Gasteiger partial charge in [0, 0.05) is 23.4 Å². The van der Waals surface area contributed by atoms with Crippen molar-refractivity contribution in [3.8, 4) is 6.07 Å². The van der Waals surface area contributed by atoms with Crippen LogP contribution in [0.1, 0.15) is 88.8 Å². The maximum atomic E-state index is 9.41. The van der Waals surface area contributed by atoms with Crippen LogP contribution in [0.15, 0.2) is 54.6 Å². The largest absolute Gasteiger partial charge is 0.354 e. The first-order valence-electron chi connectivity index (χ1n) is 12.7. The van der Waals surface area contributed by atoms with Crippen molar-refractivity contribution in [3.63, 3.8) is 0 Å².